The van der Waals surface area contributed by atoms with Crippen molar-refractivity contribution in [2.24, 2.45) is 18.2 Å². The lowest BCUT2D eigenvalue weighted by molar-refractivity contribution is -0.124. The van der Waals surface area contributed by atoms with Gasteiger partial charge < -0.3 is 11.1 Å². The van der Waals surface area contributed by atoms with Crippen LogP contribution < -0.4 is 11.1 Å². The number of rotatable bonds is 5. The van der Waals surface area contributed by atoms with E-state index in [1.54, 1.807) is 4.68 Å². The average molecular weight is 264 g/mol. The van der Waals surface area contributed by atoms with Gasteiger partial charge in [-0.05, 0) is 30.9 Å². The van der Waals surface area contributed by atoms with E-state index in [2.05, 4.69) is 10.4 Å². The zero-order chi connectivity index (χ0) is 13.7. The third-order valence-electron chi connectivity index (χ3n) is 4.12. The number of carbonyl (C=O) groups excluding carboxylic acids is 1. The van der Waals surface area contributed by atoms with E-state index < -0.39 is 0 Å². The summed E-state index contributed by atoms with van der Waals surface area (Å²) in [4.78, 5) is 12.1. The van der Waals surface area contributed by atoms with Gasteiger partial charge >= 0.3 is 0 Å². The van der Waals surface area contributed by atoms with E-state index in [1.165, 1.54) is 19.3 Å². The normalized spacial score (nSPS) is 18.2. The second kappa shape index (κ2) is 6.19. The molecule has 0 radical (unpaired) electrons. The van der Waals surface area contributed by atoms with E-state index in [4.69, 9.17) is 5.73 Å². The molecule has 1 aliphatic rings. The Balaban J connectivity index is 1.82. The highest BCUT2D eigenvalue weighted by Gasteiger charge is 2.32. The smallest absolute Gasteiger partial charge is 0.220 e. The summed E-state index contributed by atoms with van der Waals surface area (Å²) in [6.45, 7) is 1.12. The molecule has 5 heteroatoms. The van der Waals surface area contributed by atoms with Gasteiger partial charge in [0.25, 0.3) is 0 Å². The fourth-order valence-corrected chi connectivity index (χ4v) is 2.90. The van der Waals surface area contributed by atoms with E-state index in [0.29, 0.717) is 19.5 Å². The van der Waals surface area contributed by atoms with Crippen LogP contribution in [0.1, 0.15) is 44.2 Å². The predicted molar refractivity (Wildman–Crippen MR) is 74.2 cm³/mol. The second-order valence-corrected chi connectivity index (χ2v) is 5.70. The van der Waals surface area contributed by atoms with E-state index in [-0.39, 0.29) is 11.3 Å². The van der Waals surface area contributed by atoms with Crippen LogP contribution in [0.4, 0.5) is 0 Å². The third kappa shape index (κ3) is 3.80. The van der Waals surface area contributed by atoms with Crippen molar-refractivity contribution < 1.29 is 4.79 Å². The van der Waals surface area contributed by atoms with E-state index in [1.807, 2.05) is 19.3 Å². The Morgan fingerprint density at radius 1 is 1.47 bits per heavy atom. The predicted octanol–water partition coefficient (Wildman–Crippen LogP) is 1.34. The Labute approximate surface area is 114 Å². The number of nitrogens with two attached hydrogens (primary N) is 1. The van der Waals surface area contributed by atoms with Crippen LogP contribution in [-0.2, 0) is 18.4 Å². The molecular weight excluding hydrogens is 240 g/mol. The SMILES string of the molecule is Cn1ccc(CNC(=O)CC2(CN)CCCCC2)n1. The summed E-state index contributed by atoms with van der Waals surface area (Å²) in [5.41, 5.74) is 6.83. The van der Waals surface area contributed by atoms with Gasteiger partial charge in [0.05, 0.1) is 12.2 Å². The molecule has 0 aromatic carbocycles. The van der Waals surface area contributed by atoms with Gasteiger partial charge in [0.15, 0.2) is 0 Å². The molecule has 0 saturated heterocycles. The Morgan fingerprint density at radius 3 is 2.79 bits per heavy atom. The number of hydrogen-bond donors (Lipinski definition) is 2. The van der Waals surface area contributed by atoms with Gasteiger partial charge in [-0.2, -0.15) is 5.10 Å². The molecule has 106 valence electrons. The second-order valence-electron chi connectivity index (χ2n) is 5.70. The maximum Gasteiger partial charge on any atom is 0.220 e. The average Bonchev–Trinajstić information content (AvgIpc) is 2.83. The summed E-state index contributed by atoms with van der Waals surface area (Å²) in [6.07, 6.45) is 8.27. The van der Waals surface area contributed by atoms with Gasteiger partial charge in [0, 0.05) is 19.7 Å². The highest BCUT2D eigenvalue weighted by atomic mass is 16.1. The third-order valence-corrected chi connectivity index (χ3v) is 4.12. The topological polar surface area (TPSA) is 72.9 Å². The number of nitrogens with zero attached hydrogens (tertiary/aromatic N) is 2. The molecular formula is C14H24N4O. The summed E-state index contributed by atoms with van der Waals surface area (Å²) < 4.78 is 1.74. The highest BCUT2D eigenvalue weighted by Crippen LogP contribution is 2.38. The van der Waals surface area contributed by atoms with Crippen molar-refractivity contribution in [3.05, 3.63) is 18.0 Å². The molecule has 0 spiro atoms. The fraction of sp³-hybridized carbons (Fsp3) is 0.714. The number of aromatic nitrogens is 2. The van der Waals surface area contributed by atoms with Crippen LogP contribution in [0, 0.1) is 5.41 Å². The van der Waals surface area contributed by atoms with Crippen molar-refractivity contribution in [1.82, 2.24) is 15.1 Å². The highest BCUT2D eigenvalue weighted by molar-refractivity contribution is 5.76. The lowest BCUT2D eigenvalue weighted by Crippen LogP contribution is -2.38. The molecule has 1 saturated carbocycles. The zero-order valence-electron chi connectivity index (χ0n) is 11.7. The number of carbonyl (C=O) groups is 1. The summed E-state index contributed by atoms with van der Waals surface area (Å²) in [6, 6.07) is 1.92. The zero-order valence-corrected chi connectivity index (χ0v) is 11.7. The number of hydrogen-bond acceptors (Lipinski definition) is 3. The molecule has 1 aromatic rings. The molecule has 1 heterocycles. The Hall–Kier alpha value is -1.36. The Morgan fingerprint density at radius 2 is 2.21 bits per heavy atom. The number of aryl methyl sites for hydroxylation is 1. The molecule has 1 aliphatic carbocycles. The summed E-state index contributed by atoms with van der Waals surface area (Å²) in [5, 5.41) is 7.19. The molecule has 1 aromatic heterocycles. The molecule has 19 heavy (non-hydrogen) atoms. The molecule has 1 fully saturated rings. The van der Waals surface area contributed by atoms with Crippen LogP contribution in [0.15, 0.2) is 12.3 Å². The molecule has 0 atom stereocenters. The summed E-state index contributed by atoms with van der Waals surface area (Å²) in [5.74, 6) is 0.0954. The first kappa shape index (κ1) is 14.1. The lowest BCUT2D eigenvalue weighted by atomic mass is 9.71. The van der Waals surface area contributed by atoms with Crippen molar-refractivity contribution in [2.45, 2.75) is 45.1 Å². The van der Waals surface area contributed by atoms with Gasteiger partial charge in [-0.3, -0.25) is 9.48 Å². The van der Waals surface area contributed by atoms with Crippen LogP contribution >= 0.6 is 0 Å². The van der Waals surface area contributed by atoms with Crippen molar-refractivity contribution in [1.29, 1.82) is 0 Å². The largest absolute Gasteiger partial charge is 0.350 e. The van der Waals surface area contributed by atoms with E-state index in [9.17, 15) is 4.79 Å². The van der Waals surface area contributed by atoms with E-state index >= 15 is 0 Å². The standard InChI is InChI=1S/C14H24N4O/c1-18-8-5-12(17-18)10-16-13(19)9-14(11-15)6-3-2-4-7-14/h5,8H,2-4,6-7,9-11,15H2,1H3,(H,16,19). The van der Waals surface area contributed by atoms with Crippen LogP contribution in [0.25, 0.3) is 0 Å². The van der Waals surface area contributed by atoms with E-state index in [0.717, 1.165) is 18.5 Å². The maximum absolute atomic E-state index is 12.1. The molecule has 0 aliphatic heterocycles. The first-order valence-corrected chi connectivity index (χ1v) is 7.09. The maximum atomic E-state index is 12.1. The lowest BCUT2D eigenvalue weighted by Gasteiger charge is -2.35. The first-order valence-electron chi connectivity index (χ1n) is 7.09. The van der Waals surface area contributed by atoms with Gasteiger partial charge in [-0.1, -0.05) is 19.3 Å². The number of nitrogens with one attached hydrogen (secondary N) is 1. The van der Waals surface area contributed by atoms with Crippen LogP contribution in [0.3, 0.4) is 0 Å². The van der Waals surface area contributed by atoms with Crippen molar-refractivity contribution in [3.8, 4) is 0 Å². The van der Waals surface area contributed by atoms with Crippen molar-refractivity contribution in [3.63, 3.8) is 0 Å². The molecule has 0 unspecified atom stereocenters. The van der Waals surface area contributed by atoms with Crippen molar-refractivity contribution in [2.75, 3.05) is 6.54 Å². The van der Waals surface area contributed by atoms with Gasteiger partial charge in [-0.15, -0.1) is 0 Å². The van der Waals surface area contributed by atoms with Crippen LogP contribution in [-0.4, -0.2) is 22.2 Å². The molecule has 0 bridgehead atoms. The van der Waals surface area contributed by atoms with Crippen LogP contribution in [0.5, 0.6) is 0 Å². The fourth-order valence-electron chi connectivity index (χ4n) is 2.90. The minimum Gasteiger partial charge on any atom is -0.350 e. The molecule has 2 rings (SSSR count). The Bertz CT molecular complexity index is 421. The quantitative estimate of drug-likeness (QED) is 0.843. The van der Waals surface area contributed by atoms with Gasteiger partial charge in [0.2, 0.25) is 5.91 Å². The van der Waals surface area contributed by atoms with Gasteiger partial charge in [0.1, 0.15) is 0 Å². The monoisotopic (exact) mass is 264 g/mol. The number of amides is 1. The molecule has 3 N–H and O–H groups in total. The van der Waals surface area contributed by atoms with Crippen LogP contribution in [0.2, 0.25) is 0 Å². The minimum atomic E-state index is 0.0342. The molecule has 5 nitrogen and oxygen atoms in total. The first-order chi connectivity index (χ1) is 9.13. The minimum absolute atomic E-state index is 0.0342. The Kier molecular flexibility index (Phi) is 4.58. The summed E-state index contributed by atoms with van der Waals surface area (Å²) in [7, 11) is 1.87. The molecule has 1 amide bonds. The van der Waals surface area contributed by atoms with Crippen molar-refractivity contribution >= 4 is 5.91 Å². The van der Waals surface area contributed by atoms with Gasteiger partial charge in [-0.25, -0.2) is 0 Å². The summed E-state index contributed by atoms with van der Waals surface area (Å²) >= 11 is 0.